The number of aliphatic carboxylic acids is 1. The van der Waals surface area contributed by atoms with E-state index < -0.39 is 17.9 Å². The van der Waals surface area contributed by atoms with E-state index in [0.29, 0.717) is 17.0 Å². The van der Waals surface area contributed by atoms with Crippen molar-refractivity contribution in [2.45, 2.75) is 11.9 Å². The van der Waals surface area contributed by atoms with Gasteiger partial charge in [-0.1, -0.05) is 42.5 Å². The number of carboxylic acids is 1. The van der Waals surface area contributed by atoms with Gasteiger partial charge in [0.15, 0.2) is 6.04 Å². The smallest absolute Gasteiger partial charge is 0.330 e. The van der Waals surface area contributed by atoms with Crippen LogP contribution in [0.1, 0.15) is 27.5 Å². The van der Waals surface area contributed by atoms with Gasteiger partial charge in [-0.05, 0) is 23.3 Å². The standard InChI is InChI=1S/C16H14ClNO3/c17-10-11-6-8-12(9-7-11)14(16(20)21)18-15(19)13-4-2-1-3-5-13/h1-9,14H,10H2,(H,18,19)(H,20,21). The molecule has 0 fully saturated rings. The van der Waals surface area contributed by atoms with Gasteiger partial charge in [-0.2, -0.15) is 0 Å². The second-order valence-corrected chi connectivity index (χ2v) is 4.75. The van der Waals surface area contributed by atoms with E-state index in [1.165, 1.54) is 0 Å². The molecular weight excluding hydrogens is 290 g/mol. The summed E-state index contributed by atoms with van der Waals surface area (Å²) in [6, 6.07) is 14.2. The molecule has 21 heavy (non-hydrogen) atoms. The van der Waals surface area contributed by atoms with Gasteiger partial charge in [0, 0.05) is 11.4 Å². The maximum Gasteiger partial charge on any atom is 0.330 e. The number of hydrogen-bond acceptors (Lipinski definition) is 2. The minimum absolute atomic E-state index is 0.356. The number of carbonyl (C=O) groups excluding carboxylic acids is 1. The summed E-state index contributed by atoms with van der Waals surface area (Å²) < 4.78 is 0. The van der Waals surface area contributed by atoms with Crippen molar-refractivity contribution in [2.75, 3.05) is 0 Å². The highest BCUT2D eigenvalue weighted by atomic mass is 35.5. The molecule has 4 nitrogen and oxygen atoms in total. The third kappa shape index (κ3) is 3.83. The average Bonchev–Trinajstić information content (AvgIpc) is 2.53. The summed E-state index contributed by atoms with van der Waals surface area (Å²) in [5.41, 5.74) is 1.81. The number of nitrogens with one attached hydrogen (secondary N) is 1. The Kier molecular flexibility index (Phi) is 4.95. The maximum atomic E-state index is 12.1. The van der Waals surface area contributed by atoms with E-state index >= 15 is 0 Å². The number of alkyl halides is 1. The molecule has 0 heterocycles. The zero-order valence-electron chi connectivity index (χ0n) is 11.1. The Morgan fingerprint density at radius 3 is 2.19 bits per heavy atom. The first-order chi connectivity index (χ1) is 10.1. The van der Waals surface area contributed by atoms with Crippen LogP contribution in [0.15, 0.2) is 54.6 Å². The summed E-state index contributed by atoms with van der Waals surface area (Å²) in [4.78, 5) is 23.4. The van der Waals surface area contributed by atoms with Crippen molar-refractivity contribution in [3.05, 3.63) is 71.3 Å². The van der Waals surface area contributed by atoms with Gasteiger partial charge in [0.2, 0.25) is 0 Å². The van der Waals surface area contributed by atoms with E-state index in [1.54, 1.807) is 54.6 Å². The Bertz CT molecular complexity index is 626. The Morgan fingerprint density at radius 1 is 1.05 bits per heavy atom. The van der Waals surface area contributed by atoms with Crippen molar-refractivity contribution in [2.24, 2.45) is 0 Å². The lowest BCUT2D eigenvalue weighted by Crippen LogP contribution is -2.33. The molecule has 2 N–H and O–H groups in total. The molecule has 1 unspecified atom stereocenters. The van der Waals surface area contributed by atoms with E-state index in [9.17, 15) is 14.7 Å². The van der Waals surface area contributed by atoms with E-state index in [4.69, 9.17) is 11.6 Å². The maximum absolute atomic E-state index is 12.1. The highest BCUT2D eigenvalue weighted by Crippen LogP contribution is 2.16. The van der Waals surface area contributed by atoms with Gasteiger partial charge >= 0.3 is 5.97 Å². The molecule has 108 valence electrons. The van der Waals surface area contributed by atoms with Crippen LogP contribution in [0.3, 0.4) is 0 Å². The molecule has 0 spiro atoms. The van der Waals surface area contributed by atoms with Gasteiger partial charge in [0.05, 0.1) is 0 Å². The van der Waals surface area contributed by atoms with Crippen LogP contribution < -0.4 is 5.32 Å². The number of carboxylic acid groups (broad SMARTS) is 1. The number of halogens is 1. The van der Waals surface area contributed by atoms with Gasteiger partial charge in [0.25, 0.3) is 5.91 Å². The van der Waals surface area contributed by atoms with Crippen LogP contribution in [0.5, 0.6) is 0 Å². The van der Waals surface area contributed by atoms with E-state index in [-0.39, 0.29) is 0 Å². The SMILES string of the molecule is O=C(NC(C(=O)O)c1ccc(CCl)cc1)c1ccccc1. The first-order valence-electron chi connectivity index (χ1n) is 6.35. The zero-order valence-corrected chi connectivity index (χ0v) is 11.9. The predicted molar refractivity (Wildman–Crippen MR) is 80.3 cm³/mol. The fourth-order valence-corrected chi connectivity index (χ4v) is 2.07. The lowest BCUT2D eigenvalue weighted by atomic mass is 10.0. The normalized spacial score (nSPS) is 11.7. The minimum Gasteiger partial charge on any atom is -0.479 e. The molecule has 0 saturated heterocycles. The van der Waals surface area contributed by atoms with Crippen molar-refractivity contribution in [3.63, 3.8) is 0 Å². The Labute approximate surface area is 127 Å². The second kappa shape index (κ2) is 6.90. The van der Waals surface area contributed by atoms with Gasteiger partial charge in [-0.25, -0.2) is 4.79 Å². The summed E-state index contributed by atoms with van der Waals surface area (Å²) in [6.45, 7) is 0. The van der Waals surface area contributed by atoms with Crippen molar-refractivity contribution in [1.29, 1.82) is 0 Å². The Morgan fingerprint density at radius 2 is 1.67 bits per heavy atom. The van der Waals surface area contributed by atoms with Crippen LogP contribution in [-0.4, -0.2) is 17.0 Å². The summed E-state index contributed by atoms with van der Waals surface area (Å²) in [5, 5.41) is 11.8. The number of hydrogen-bond donors (Lipinski definition) is 2. The Balaban J connectivity index is 2.19. The number of amides is 1. The van der Waals surface area contributed by atoms with Crippen molar-refractivity contribution >= 4 is 23.5 Å². The summed E-state index contributed by atoms with van der Waals surface area (Å²) in [5.74, 6) is -1.18. The largest absolute Gasteiger partial charge is 0.479 e. The molecule has 2 rings (SSSR count). The molecule has 0 radical (unpaired) electrons. The van der Waals surface area contributed by atoms with Crippen LogP contribution in [-0.2, 0) is 10.7 Å². The highest BCUT2D eigenvalue weighted by molar-refractivity contribution is 6.17. The van der Waals surface area contributed by atoms with Crippen LogP contribution in [0, 0.1) is 0 Å². The van der Waals surface area contributed by atoms with E-state index in [0.717, 1.165) is 5.56 Å². The molecule has 2 aromatic rings. The van der Waals surface area contributed by atoms with Crippen LogP contribution in [0.2, 0.25) is 0 Å². The van der Waals surface area contributed by atoms with Crippen LogP contribution in [0.4, 0.5) is 0 Å². The fourth-order valence-electron chi connectivity index (χ4n) is 1.89. The topological polar surface area (TPSA) is 66.4 Å². The number of carbonyl (C=O) groups is 2. The molecule has 1 atom stereocenters. The van der Waals surface area contributed by atoms with E-state index in [2.05, 4.69) is 5.32 Å². The van der Waals surface area contributed by atoms with Gasteiger partial charge in [-0.3, -0.25) is 4.79 Å². The number of rotatable bonds is 5. The third-order valence-corrected chi connectivity index (χ3v) is 3.33. The first-order valence-corrected chi connectivity index (χ1v) is 6.89. The highest BCUT2D eigenvalue weighted by Gasteiger charge is 2.22. The number of benzene rings is 2. The molecule has 0 bridgehead atoms. The molecule has 0 aliphatic heterocycles. The van der Waals surface area contributed by atoms with Gasteiger partial charge in [-0.15, -0.1) is 11.6 Å². The average molecular weight is 304 g/mol. The summed E-state index contributed by atoms with van der Waals surface area (Å²) in [6.07, 6.45) is 0. The third-order valence-electron chi connectivity index (χ3n) is 3.03. The first kappa shape index (κ1) is 15.1. The molecule has 0 aromatic heterocycles. The molecule has 0 aliphatic rings. The van der Waals surface area contributed by atoms with Crippen molar-refractivity contribution in [3.8, 4) is 0 Å². The molecule has 0 aliphatic carbocycles. The molecule has 5 heteroatoms. The quantitative estimate of drug-likeness (QED) is 0.835. The predicted octanol–water partition coefficient (Wildman–Crippen LogP) is 2.98. The van der Waals surface area contributed by atoms with Crippen LogP contribution >= 0.6 is 11.6 Å². The van der Waals surface area contributed by atoms with Crippen molar-refractivity contribution < 1.29 is 14.7 Å². The van der Waals surface area contributed by atoms with Gasteiger partial charge < -0.3 is 10.4 Å². The molecule has 0 saturated carbocycles. The zero-order chi connectivity index (χ0) is 15.2. The minimum atomic E-state index is -1.11. The lowest BCUT2D eigenvalue weighted by Gasteiger charge is -2.15. The molecular formula is C16H14ClNO3. The summed E-state index contributed by atoms with van der Waals surface area (Å²) in [7, 11) is 0. The van der Waals surface area contributed by atoms with Crippen molar-refractivity contribution in [1.82, 2.24) is 5.32 Å². The van der Waals surface area contributed by atoms with Gasteiger partial charge in [0.1, 0.15) is 0 Å². The molecule has 2 aromatic carbocycles. The van der Waals surface area contributed by atoms with Crippen LogP contribution in [0.25, 0.3) is 0 Å². The molecule has 1 amide bonds. The fraction of sp³-hybridized carbons (Fsp3) is 0.125. The lowest BCUT2D eigenvalue weighted by molar-refractivity contribution is -0.139. The Hall–Kier alpha value is -2.33. The second-order valence-electron chi connectivity index (χ2n) is 4.49. The monoisotopic (exact) mass is 303 g/mol. The van der Waals surface area contributed by atoms with E-state index in [1.807, 2.05) is 0 Å². The summed E-state index contributed by atoms with van der Waals surface area (Å²) >= 11 is 5.70.